The van der Waals surface area contributed by atoms with Crippen molar-refractivity contribution in [3.8, 4) is 0 Å². The number of rotatable bonds is 8. The fourth-order valence-corrected chi connectivity index (χ4v) is 3.03. The highest BCUT2D eigenvalue weighted by molar-refractivity contribution is 6.22. The Morgan fingerprint density at radius 1 is 1.12 bits per heavy atom. The van der Waals surface area contributed by atoms with Crippen LogP contribution in [0.2, 0.25) is 0 Å². The number of nitrogens with two attached hydrogens (primary N) is 1. The number of amides is 3. The van der Waals surface area contributed by atoms with Crippen LogP contribution in [0, 0.1) is 0 Å². The smallest absolute Gasteiger partial charge is 0.261 e. The van der Waals surface area contributed by atoms with E-state index in [1.807, 2.05) is 20.8 Å². The Balaban J connectivity index is 0.00000338. The second-order valence-electron chi connectivity index (χ2n) is 6.52. The maximum absolute atomic E-state index is 12.6. The van der Waals surface area contributed by atoms with Crippen LogP contribution in [-0.4, -0.2) is 41.2 Å². The number of nitrogens with zero attached hydrogens (tertiary/aromatic N) is 1. The fourth-order valence-electron chi connectivity index (χ4n) is 3.03. The minimum absolute atomic E-state index is 0. The van der Waals surface area contributed by atoms with Crippen molar-refractivity contribution >= 4 is 30.1 Å². The third-order valence-electron chi connectivity index (χ3n) is 5.09. The molecule has 144 valence electrons. The van der Waals surface area contributed by atoms with E-state index in [-0.39, 0.29) is 30.1 Å². The zero-order valence-corrected chi connectivity index (χ0v) is 16.4. The Morgan fingerprint density at radius 3 is 2.27 bits per heavy atom. The quantitative estimate of drug-likeness (QED) is 0.677. The van der Waals surface area contributed by atoms with Crippen molar-refractivity contribution < 1.29 is 14.4 Å². The average Bonchev–Trinajstić information content (AvgIpc) is 2.88. The van der Waals surface area contributed by atoms with Gasteiger partial charge in [-0.3, -0.25) is 19.3 Å². The van der Waals surface area contributed by atoms with E-state index in [9.17, 15) is 14.4 Å². The molecule has 0 bridgehead atoms. The van der Waals surface area contributed by atoms with Crippen molar-refractivity contribution in [1.82, 2.24) is 10.2 Å². The van der Waals surface area contributed by atoms with Crippen LogP contribution in [0.25, 0.3) is 0 Å². The summed E-state index contributed by atoms with van der Waals surface area (Å²) in [5, 5.41) is 2.98. The number of carbonyl (C=O) groups is 3. The van der Waals surface area contributed by atoms with Gasteiger partial charge in [0.2, 0.25) is 0 Å². The molecule has 1 aliphatic heterocycles. The second-order valence-corrected chi connectivity index (χ2v) is 6.52. The fraction of sp³-hybridized carbons (Fsp3) is 0.526. The van der Waals surface area contributed by atoms with Crippen molar-refractivity contribution in [3.05, 3.63) is 34.9 Å². The molecule has 1 aromatic rings. The molecule has 0 unspecified atom stereocenters. The molecule has 0 saturated heterocycles. The first-order valence-electron chi connectivity index (χ1n) is 8.95. The van der Waals surface area contributed by atoms with Crippen molar-refractivity contribution in [2.75, 3.05) is 13.1 Å². The largest absolute Gasteiger partial charge is 0.345 e. The minimum atomic E-state index is -0.455. The third-order valence-corrected chi connectivity index (χ3v) is 5.09. The lowest BCUT2D eigenvalue weighted by molar-refractivity contribution is 0.0652. The van der Waals surface area contributed by atoms with E-state index in [0.717, 1.165) is 25.7 Å². The van der Waals surface area contributed by atoms with Gasteiger partial charge in [-0.05, 0) is 37.5 Å². The molecule has 0 fully saturated rings. The zero-order valence-electron chi connectivity index (χ0n) is 15.6. The summed E-state index contributed by atoms with van der Waals surface area (Å²) in [6.07, 6.45) is 3.11. The van der Waals surface area contributed by atoms with E-state index in [4.69, 9.17) is 5.73 Å². The number of hydrogen-bond donors (Lipinski definition) is 2. The molecule has 26 heavy (non-hydrogen) atoms. The van der Waals surface area contributed by atoms with Gasteiger partial charge in [0.25, 0.3) is 17.7 Å². The van der Waals surface area contributed by atoms with Crippen LogP contribution in [0.3, 0.4) is 0 Å². The first kappa shape index (κ1) is 22.1. The second kappa shape index (κ2) is 9.14. The summed E-state index contributed by atoms with van der Waals surface area (Å²) in [5.74, 6) is -0.873. The predicted octanol–water partition coefficient (Wildman–Crippen LogP) is 2.75. The minimum Gasteiger partial charge on any atom is -0.345 e. The molecular formula is C19H28ClN3O3. The first-order chi connectivity index (χ1) is 11.9. The molecule has 2 rings (SSSR count). The highest BCUT2D eigenvalue weighted by Gasteiger charge is 2.36. The van der Waals surface area contributed by atoms with E-state index < -0.39 is 5.54 Å². The zero-order chi connectivity index (χ0) is 18.6. The number of halogens is 1. The van der Waals surface area contributed by atoms with E-state index in [1.165, 1.54) is 11.0 Å². The van der Waals surface area contributed by atoms with E-state index in [1.54, 1.807) is 12.1 Å². The van der Waals surface area contributed by atoms with Gasteiger partial charge in [0, 0.05) is 18.7 Å². The molecule has 0 spiro atoms. The number of fused-ring (bicyclic) bond motifs is 1. The number of carbonyl (C=O) groups excluding carboxylic acids is 3. The van der Waals surface area contributed by atoms with Gasteiger partial charge in [0.05, 0.1) is 16.7 Å². The molecule has 3 N–H and O–H groups in total. The monoisotopic (exact) mass is 381 g/mol. The standard InChI is InChI=1S/C19H27N3O3.ClH/c1-4-7-10-22-17(24)14-9-8-13(11-15(14)18(22)25)16(23)21-19(5-2,6-3)12-20;/h8-9,11H,4-7,10,12,20H2,1-3H3,(H,21,23);1H. The predicted molar refractivity (Wildman–Crippen MR) is 104 cm³/mol. The van der Waals surface area contributed by atoms with E-state index >= 15 is 0 Å². The van der Waals surface area contributed by atoms with Gasteiger partial charge in [0.15, 0.2) is 0 Å². The molecular weight excluding hydrogens is 354 g/mol. The maximum atomic E-state index is 12.6. The van der Waals surface area contributed by atoms with Gasteiger partial charge >= 0.3 is 0 Å². The Hall–Kier alpha value is -1.92. The summed E-state index contributed by atoms with van der Waals surface area (Å²) < 4.78 is 0. The number of nitrogens with one attached hydrogen (secondary N) is 1. The van der Waals surface area contributed by atoms with Crippen LogP contribution < -0.4 is 11.1 Å². The molecule has 0 aliphatic carbocycles. The third kappa shape index (κ3) is 4.07. The van der Waals surface area contributed by atoms with Crippen LogP contribution in [0.1, 0.15) is 77.5 Å². The summed E-state index contributed by atoms with van der Waals surface area (Å²) >= 11 is 0. The van der Waals surface area contributed by atoms with Gasteiger partial charge in [-0.2, -0.15) is 0 Å². The van der Waals surface area contributed by atoms with Gasteiger partial charge in [-0.15, -0.1) is 12.4 Å². The Bertz CT molecular complexity index is 678. The number of hydrogen-bond acceptors (Lipinski definition) is 4. The number of benzene rings is 1. The maximum Gasteiger partial charge on any atom is 0.261 e. The van der Waals surface area contributed by atoms with Crippen LogP contribution in [0.15, 0.2) is 18.2 Å². The lowest BCUT2D eigenvalue weighted by Gasteiger charge is -2.31. The summed E-state index contributed by atoms with van der Waals surface area (Å²) in [7, 11) is 0. The molecule has 3 amide bonds. The highest BCUT2D eigenvalue weighted by Crippen LogP contribution is 2.25. The number of imide groups is 1. The van der Waals surface area contributed by atoms with Crippen molar-refractivity contribution in [1.29, 1.82) is 0 Å². The Kier molecular flexibility index (Phi) is 7.78. The van der Waals surface area contributed by atoms with Gasteiger partial charge in [-0.25, -0.2) is 0 Å². The molecule has 0 radical (unpaired) electrons. The molecule has 1 heterocycles. The topological polar surface area (TPSA) is 92.5 Å². The van der Waals surface area contributed by atoms with Gasteiger partial charge < -0.3 is 11.1 Å². The van der Waals surface area contributed by atoms with Crippen molar-refractivity contribution in [2.45, 2.75) is 52.0 Å². The molecule has 0 saturated carbocycles. The highest BCUT2D eigenvalue weighted by atomic mass is 35.5. The molecule has 0 atom stereocenters. The lowest BCUT2D eigenvalue weighted by atomic mass is 9.92. The number of unbranched alkanes of at least 4 members (excludes halogenated alkanes) is 1. The average molecular weight is 382 g/mol. The summed E-state index contributed by atoms with van der Waals surface area (Å²) in [5.41, 5.74) is 6.42. The lowest BCUT2D eigenvalue weighted by Crippen LogP contribution is -2.52. The van der Waals surface area contributed by atoms with Crippen LogP contribution >= 0.6 is 12.4 Å². The normalized spacial score (nSPS) is 13.5. The SMILES string of the molecule is CCCCN1C(=O)c2ccc(C(=O)NC(CC)(CC)CN)cc2C1=O.Cl. The molecule has 0 aromatic heterocycles. The summed E-state index contributed by atoms with van der Waals surface area (Å²) in [4.78, 5) is 38.7. The Labute approximate surface area is 160 Å². The first-order valence-corrected chi connectivity index (χ1v) is 8.95. The summed E-state index contributed by atoms with van der Waals surface area (Å²) in [6.45, 7) is 6.72. The molecule has 1 aliphatic rings. The van der Waals surface area contributed by atoms with Crippen LogP contribution in [0.5, 0.6) is 0 Å². The van der Waals surface area contributed by atoms with Crippen molar-refractivity contribution in [2.24, 2.45) is 5.73 Å². The summed E-state index contributed by atoms with van der Waals surface area (Å²) in [6, 6.07) is 4.68. The molecule has 1 aromatic carbocycles. The van der Waals surface area contributed by atoms with E-state index in [0.29, 0.717) is 29.8 Å². The van der Waals surface area contributed by atoms with Crippen LogP contribution in [-0.2, 0) is 0 Å². The molecule has 6 nitrogen and oxygen atoms in total. The van der Waals surface area contributed by atoms with E-state index in [2.05, 4.69) is 5.32 Å². The van der Waals surface area contributed by atoms with Gasteiger partial charge in [0.1, 0.15) is 0 Å². The van der Waals surface area contributed by atoms with Gasteiger partial charge in [-0.1, -0.05) is 27.2 Å². The van der Waals surface area contributed by atoms with Crippen molar-refractivity contribution in [3.63, 3.8) is 0 Å². The molecule has 7 heteroatoms. The Morgan fingerprint density at radius 2 is 1.73 bits per heavy atom. The van der Waals surface area contributed by atoms with Crippen LogP contribution in [0.4, 0.5) is 0 Å².